The van der Waals surface area contributed by atoms with Gasteiger partial charge in [-0.1, -0.05) is 13.8 Å². The van der Waals surface area contributed by atoms with Crippen LogP contribution in [0.4, 0.5) is 5.82 Å². The number of aromatic nitrogens is 2. The smallest absolute Gasteiger partial charge is 0.245 e. The summed E-state index contributed by atoms with van der Waals surface area (Å²) < 4.78 is 1.71. The van der Waals surface area contributed by atoms with Gasteiger partial charge in [0.25, 0.3) is 0 Å². The van der Waals surface area contributed by atoms with E-state index in [-0.39, 0.29) is 11.9 Å². The predicted octanol–water partition coefficient (Wildman–Crippen LogP) is 0.523. The van der Waals surface area contributed by atoms with Crippen molar-refractivity contribution in [2.24, 2.45) is 7.05 Å². The molecule has 1 aliphatic heterocycles. The second kappa shape index (κ2) is 4.25. The third-order valence-electron chi connectivity index (χ3n) is 2.72. The van der Waals surface area contributed by atoms with Crippen molar-refractivity contribution >= 4 is 11.7 Å². The number of amides is 1. The van der Waals surface area contributed by atoms with Gasteiger partial charge in [0, 0.05) is 31.9 Å². The maximum atomic E-state index is 12.1. The van der Waals surface area contributed by atoms with Gasteiger partial charge in [-0.15, -0.1) is 0 Å². The van der Waals surface area contributed by atoms with Crippen molar-refractivity contribution in [2.45, 2.75) is 32.4 Å². The van der Waals surface area contributed by atoms with E-state index in [1.807, 2.05) is 19.3 Å². The Morgan fingerprint density at radius 2 is 2.31 bits per heavy atom. The van der Waals surface area contributed by atoms with Crippen LogP contribution in [0.25, 0.3) is 0 Å². The lowest BCUT2D eigenvalue weighted by atomic mass is 10.2. The molecule has 88 valence electrons. The molecule has 16 heavy (non-hydrogen) atoms. The first kappa shape index (κ1) is 11.1. The minimum atomic E-state index is -0.0537. The van der Waals surface area contributed by atoms with Crippen molar-refractivity contribution in [3.05, 3.63) is 12.3 Å². The van der Waals surface area contributed by atoms with Gasteiger partial charge >= 0.3 is 0 Å². The molecule has 1 N–H and O–H groups in total. The summed E-state index contributed by atoms with van der Waals surface area (Å²) in [5.74, 6) is 0.882. The van der Waals surface area contributed by atoms with E-state index in [1.165, 1.54) is 0 Å². The zero-order chi connectivity index (χ0) is 11.7. The first-order valence-electron chi connectivity index (χ1n) is 5.65. The second-order valence-electron chi connectivity index (χ2n) is 4.50. The minimum absolute atomic E-state index is 0.0537. The number of carbonyl (C=O) groups excluding carboxylic acids is 1. The third-order valence-corrected chi connectivity index (χ3v) is 2.72. The van der Waals surface area contributed by atoms with E-state index in [2.05, 4.69) is 24.3 Å². The molecule has 0 saturated carbocycles. The number of nitrogens with zero attached hydrogens (tertiary/aromatic N) is 3. The van der Waals surface area contributed by atoms with Gasteiger partial charge in [-0.2, -0.15) is 5.10 Å². The lowest BCUT2D eigenvalue weighted by Gasteiger charge is -2.16. The standard InChI is InChI=1S/C11H18N4O/c1-8(2)12-9-4-7-15(11(9)16)10-5-6-14(3)13-10/h5-6,8-9,12H,4,7H2,1-3H3. The summed E-state index contributed by atoms with van der Waals surface area (Å²) in [6.45, 7) is 4.85. The molecule has 0 bridgehead atoms. The predicted molar refractivity (Wildman–Crippen MR) is 62.2 cm³/mol. The van der Waals surface area contributed by atoms with Gasteiger partial charge in [-0.3, -0.25) is 14.4 Å². The van der Waals surface area contributed by atoms with Gasteiger partial charge in [-0.05, 0) is 6.42 Å². The SMILES string of the molecule is CC(C)NC1CCN(c2ccn(C)n2)C1=O. The molecule has 0 spiro atoms. The average molecular weight is 222 g/mol. The number of aryl methyl sites for hydroxylation is 1. The Bertz CT molecular complexity index is 385. The van der Waals surface area contributed by atoms with Crippen LogP contribution in [-0.2, 0) is 11.8 Å². The van der Waals surface area contributed by atoms with Crippen LogP contribution in [0, 0.1) is 0 Å². The van der Waals surface area contributed by atoms with Crippen molar-refractivity contribution in [1.29, 1.82) is 0 Å². The van der Waals surface area contributed by atoms with E-state index >= 15 is 0 Å². The van der Waals surface area contributed by atoms with E-state index in [0.717, 1.165) is 18.8 Å². The molecule has 1 aromatic heterocycles. The maximum Gasteiger partial charge on any atom is 0.245 e. The van der Waals surface area contributed by atoms with Crippen molar-refractivity contribution in [3.8, 4) is 0 Å². The molecule has 2 rings (SSSR count). The minimum Gasteiger partial charge on any atom is -0.304 e. The zero-order valence-electron chi connectivity index (χ0n) is 9.97. The lowest BCUT2D eigenvalue weighted by molar-refractivity contribution is -0.119. The van der Waals surface area contributed by atoms with Crippen LogP contribution >= 0.6 is 0 Å². The summed E-state index contributed by atoms with van der Waals surface area (Å²) in [5.41, 5.74) is 0. The van der Waals surface area contributed by atoms with Crippen LogP contribution in [0.3, 0.4) is 0 Å². The summed E-state index contributed by atoms with van der Waals surface area (Å²) in [4.78, 5) is 13.8. The Kier molecular flexibility index (Phi) is 2.96. The molecule has 0 radical (unpaired) electrons. The van der Waals surface area contributed by atoms with Crippen LogP contribution in [0.5, 0.6) is 0 Å². The number of hydrogen-bond donors (Lipinski definition) is 1. The van der Waals surface area contributed by atoms with Crippen molar-refractivity contribution < 1.29 is 4.79 Å². The first-order valence-corrected chi connectivity index (χ1v) is 5.65. The number of anilines is 1. The van der Waals surface area contributed by atoms with Crippen LogP contribution in [0.2, 0.25) is 0 Å². The Morgan fingerprint density at radius 3 is 2.88 bits per heavy atom. The molecular formula is C11H18N4O. The molecule has 0 aromatic carbocycles. The summed E-state index contributed by atoms with van der Waals surface area (Å²) in [7, 11) is 1.86. The molecule has 5 heteroatoms. The van der Waals surface area contributed by atoms with Gasteiger partial charge in [0.15, 0.2) is 5.82 Å². The summed E-state index contributed by atoms with van der Waals surface area (Å²) in [5, 5.41) is 7.52. The molecule has 1 atom stereocenters. The van der Waals surface area contributed by atoms with E-state index in [0.29, 0.717) is 6.04 Å². The fraction of sp³-hybridized carbons (Fsp3) is 0.636. The average Bonchev–Trinajstić information content (AvgIpc) is 2.74. The summed E-state index contributed by atoms with van der Waals surface area (Å²) in [6, 6.07) is 2.15. The number of nitrogens with one attached hydrogen (secondary N) is 1. The van der Waals surface area contributed by atoms with Gasteiger partial charge in [-0.25, -0.2) is 0 Å². The molecule has 1 aromatic rings. The third kappa shape index (κ3) is 2.09. The lowest BCUT2D eigenvalue weighted by Crippen LogP contribution is -2.41. The van der Waals surface area contributed by atoms with Crippen LogP contribution < -0.4 is 10.2 Å². The number of carbonyl (C=O) groups is 1. The fourth-order valence-corrected chi connectivity index (χ4v) is 2.01. The highest BCUT2D eigenvalue weighted by molar-refractivity contribution is 5.98. The second-order valence-corrected chi connectivity index (χ2v) is 4.50. The molecule has 1 aliphatic rings. The van der Waals surface area contributed by atoms with Crippen molar-refractivity contribution in [1.82, 2.24) is 15.1 Å². The van der Waals surface area contributed by atoms with E-state index < -0.39 is 0 Å². The van der Waals surface area contributed by atoms with Gasteiger partial charge in [0.2, 0.25) is 5.91 Å². The molecular weight excluding hydrogens is 204 g/mol. The number of hydrogen-bond acceptors (Lipinski definition) is 3. The van der Waals surface area contributed by atoms with Gasteiger partial charge in [0.05, 0.1) is 6.04 Å². The number of rotatable bonds is 3. The quantitative estimate of drug-likeness (QED) is 0.811. The topological polar surface area (TPSA) is 50.2 Å². The van der Waals surface area contributed by atoms with Gasteiger partial charge in [0.1, 0.15) is 0 Å². The van der Waals surface area contributed by atoms with Crippen molar-refractivity contribution in [3.63, 3.8) is 0 Å². The van der Waals surface area contributed by atoms with E-state index in [4.69, 9.17) is 0 Å². The van der Waals surface area contributed by atoms with Crippen LogP contribution in [0.1, 0.15) is 20.3 Å². The zero-order valence-corrected chi connectivity index (χ0v) is 9.97. The fourth-order valence-electron chi connectivity index (χ4n) is 2.01. The van der Waals surface area contributed by atoms with E-state index in [1.54, 1.807) is 9.58 Å². The highest BCUT2D eigenvalue weighted by atomic mass is 16.2. The molecule has 1 unspecified atom stereocenters. The molecule has 1 fully saturated rings. The Balaban J connectivity index is 2.07. The van der Waals surface area contributed by atoms with Crippen LogP contribution in [0.15, 0.2) is 12.3 Å². The van der Waals surface area contributed by atoms with E-state index in [9.17, 15) is 4.79 Å². The largest absolute Gasteiger partial charge is 0.304 e. The maximum absolute atomic E-state index is 12.1. The Hall–Kier alpha value is -1.36. The highest BCUT2D eigenvalue weighted by Gasteiger charge is 2.33. The van der Waals surface area contributed by atoms with Crippen molar-refractivity contribution in [2.75, 3.05) is 11.4 Å². The van der Waals surface area contributed by atoms with Gasteiger partial charge < -0.3 is 5.32 Å². The highest BCUT2D eigenvalue weighted by Crippen LogP contribution is 2.19. The normalized spacial score (nSPS) is 21.1. The first-order chi connectivity index (χ1) is 7.58. The summed E-state index contributed by atoms with van der Waals surface area (Å²) in [6.07, 6.45) is 2.71. The Morgan fingerprint density at radius 1 is 1.56 bits per heavy atom. The monoisotopic (exact) mass is 222 g/mol. The van der Waals surface area contributed by atoms with Crippen LogP contribution in [-0.4, -0.2) is 34.3 Å². The Labute approximate surface area is 95.4 Å². The molecule has 1 amide bonds. The summed E-state index contributed by atoms with van der Waals surface area (Å²) >= 11 is 0. The molecule has 0 aliphatic carbocycles. The molecule has 1 saturated heterocycles. The molecule has 2 heterocycles. The molecule has 5 nitrogen and oxygen atoms in total.